The number of nitrogens with zero attached hydrogens (tertiary/aromatic N) is 5. The highest BCUT2D eigenvalue weighted by Gasteiger charge is 2.55. The van der Waals surface area contributed by atoms with E-state index in [4.69, 9.17) is 38.1 Å². The Morgan fingerprint density at radius 1 is 1.08 bits per heavy atom. The van der Waals surface area contributed by atoms with Crippen LogP contribution in [0.2, 0.25) is 0 Å². The van der Waals surface area contributed by atoms with Crippen molar-refractivity contribution in [3.05, 3.63) is 59.9 Å². The Balaban J connectivity index is 1.12. The molecular weight excluding hydrogens is 831 g/mol. The summed E-state index contributed by atoms with van der Waals surface area (Å²) in [4.78, 5) is 55.1. The van der Waals surface area contributed by atoms with Gasteiger partial charge in [0.1, 0.15) is 30.1 Å². The summed E-state index contributed by atoms with van der Waals surface area (Å²) in [5, 5.41) is 5.69. The number of hydrazine groups is 1. The van der Waals surface area contributed by atoms with E-state index in [0.717, 1.165) is 58.2 Å². The Hall–Kier alpha value is -4.71. The zero-order chi connectivity index (χ0) is 45.0. The zero-order valence-electron chi connectivity index (χ0n) is 38.3. The Kier molecular flexibility index (Phi) is 12.1. The van der Waals surface area contributed by atoms with Gasteiger partial charge in [0.15, 0.2) is 0 Å². The summed E-state index contributed by atoms with van der Waals surface area (Å²) in [5.74, 6) is -0.544. The number of benzene rings is 1. The van der Waals surface area contributed by atoms with Gasteiger partial charge in [0.2, 0.25) is 11.8 Å². The van der Waals surface area contributed by atoms with E-state index in [2.05, 4.69) is 58.3 Å². The van der Waals surface area contributed by atoms with Crippen molar-refractivity contribution in [2.75, 3.05) is 66.4 Å². The van der Waals surface area contributed by atoms with Crippen LogP contribution >= 0.6 is 0 Å². The largest absolute Gasteiger partial charge is 0.464 e. The minimum atomic E-state index is -1.04. The molecule has 4 aromatic rings. The monoisotopic (exact) mass is 893 g/mol. The molecular formula is C49H63N7O9. The molecule has 16 heteroatoms. The summed E-state index contributed by atoms with van der Waals surface area (Å²) in [5.41, 5.74) is 9.01. The summed E-state index contributed by atoms with van der Waals surface area (Å²) < 4.78 is 38.7. The highest BCUT2D eigenvalue weighted by atomic mass is 16.5. The lowest BCUT2D eigenvalue weighted by atomic mass is 9.76. The van der Waals surface area contributed by atoms with E-state index >= 15 is 0 Å². The first-order valence-electron chi connectivity index (χ1n) is 23.6. The molecule has 10 rings (SSSR count). The fraction of sp³-hybridized carbons (Fsp3) is 0.612. The molecule has 4 saturated heterocycles. The molecule has 2 amide bonds. The summed E-state index contributed by atoms with van der Waals surface area (Å²) >= 11 is 0. The van der Waals surface area contributed by atoms with Gasteiger partial charge in [-0.2, -0.15) is 0 Å². The third-order valence-electron chi connectivity index (χ3n) is 14.5. The third kappa shape index (κ3) is 8.73. The quantitative estimate of drug-likeness (QED) is 0.194. The topological polar surface area (TPSA) is 172 Å². The van der Waals surface area contributed by atoms with Crippen molar-refractivity contribution in [2.45, 2.75) is 103 Å². The van der Waals surface area contributed by atoms with Crippen LogP contribution < -0.4 is 10.7 Å². The first kappa shape index (κ1) is 44.1. The Morgan fingerprint density at radius 3 is 2.62 bits per heavy atom. The molecule has 2 N–H and O–H groups in total. The van der Waals surface area contributed by atoms with E-state index in [-0.39, 0.29) is 47.9 Å². The maximum absolute atomic E-state index is 14.9. The van der Waals surface area contributed by atoms with Gasteiger partial charge in [0, 0.05) is 91.5 Å². The van der Waals surface area contributed by atoms with E-state index < -0.39 is 29.5 Å². The number of likely N-dealkylation sites (tertiary alicyclic amines) is 1. The number of pyridine rings is 1. The number of rotatable bonds is 10. The van der Waals surface area contributed by atoms with Crippen molar-refractivity contribution < 1.29 is 42.5 Å². The number of fused-ring (bicyclic) bond motifs is 6. The Bertz CT molecular complexity index is 2410. The van der Waals surface area contributed by atoms with E-state index in [1.165, 1.54) is 5.01 Å². The number of aromatic nitrogens is 3. The second-order valence-electron chi connectivity index (χ2n) is 20.2. The minimum absolute atomic E-state index is 0.00655. The fourth-order valence-electron chi connectivity index (χ4n) is 10.6. The number of ether oxygens (including phenoxy) is 5. The summed E-state index contributed by atoms with van der Waals surface area (Å²) in [7, 11) is 1.70. The number of hydrogen-bond donors (Lipinski definition) is 2. The number of carbonyl (C=O) groups excluding carboxylic acids is 3. The van der Waals surface area contributed by atoms with Crippen LogP contribution in [0.3, 0.4) is 0 Å². The molecule has 65 heavy (non-hydrogen) atoms. The van der Waals surface area contributed by atoms with Crippen molar-refractivity contribution in [3.63, 3.8) is 0 Å². The lowest BCUT2D eigenvalue weighted by Gasteiger charge is -2.57. The van der Waals surface area contributed by atoms with E-state index in [9.17, 15) is 14.4 Å². The number of hydrogen-bond acceptors (Lipinski definition) is 13. The number of cyclic esters (lactones) is 1. The van der Waals surface area contributed by atoms with E-state index in [1.54, 1.807) is 19.6 Å². The van der Waals surface area contributed by atoms with Crippen LogP contribution in [0, 0.1) is 22.7 Å². The first-order chi connectivity index (χ1) is 31.4. The highest BCUT2D eigenvalue weighted by Crippen LogP contribution is 2.46. The number of nitrogens with one attached hydrogen (secondary N) is 2. The highest BCUT2D eigenvalue weighted by molar-refractivity contribution is 5.95. The standard InChI is InChI=1S/C49H63N7O9/c1-29-20-34(29)44(57)52-41-43(54-24-49(25-54)27-62-28-49)45-51-38(23-64-45)31-10-11-39-35(21-31)36(22-48(3,4)26-65-47(59)37-9-7-15-56(53-37)46(41)58)42(33-8-6-14-50-40(33)30(2)60-5)55(39)16-19-63-32-12-17-61-18-13-32/h6,8,10-11,14,21,23,29-30,32,34,37,41,43,53H,7,9,12-13,15-20,22,24-28H2,1-5H3,(H,52,57)/t29-,30-,34-,37-,41-,43-/m0/s1. The van der Waals surface area contributed by atoms with Crippen LogP contribution in [0.25, 0.3) is 33.4 Å². The zero-order valence-corrected chi connectivity index (χ0v) is 38.3. The second kappa shape index (κ2) is 17.8. The van der Waals surface area contributed by atoms with Crippen molar-refractivity contribution >= 4 is 28.7 Å². The molecule has 5 fully saturated rings. The molecule has 1 spiro atoms. The molecule has 1 saturated carbocycles. The molecule has 1 aliphatic carbocycles. The second-order valence-corrected chi connectivity index (χ2v) is 20.2. The number of esters is 1. The van der Waals surface area contributed by atoms with Crippen molar-refractivity contribution in [1.29, 1.82) is 0 Å². The van der Waals surface area contributed by atoms with Crippen LogP contribution in [0.15, 0.2) is 47.2 Å². The number of carbonyl (C=O) groups is 3. The van der Waals surface area contributed by atoms with Gasteiger partial charge in [-0.25, -0.2) is 10.4 Å². The van der Waals surface area contributed by atoms with Gasteiger partial charge < -0.3 is 38.0 Å². The maximum Gasteiger partial charge on any atom is 0.324 e. The van der Waals surface area contributed by atoms with Crippen LogP contribution in [0.4, 0.5) is 0 Å². The van der Waals surface area contributed by atoms with Crippen LogP contribution in [0.1, 0.15) is 89.1 Å². The molecule has 6 aliphatic rings. The lowest BCUT2D eigenvalue weighted by molar-refractivity contribution is -0.204. The average Bonchev–Trinajstić information content (AvgIpc) is 3.70. The van der Waals surface area contributed by atoms with Gasteiger partial charge in [0.25, 0.3) is 5.91 Å². The summed E-state index contributed by atoms with van der Waals surface area (Å²) in [6.45, 7) is 13.9. The number of oxazole rings is 1. The normalized spacial score (nSPS) is 27.4. The Labute approximate surface area is 380 Å². The van der Waals surface area contributed by atoms with Gasteiger partial charge in [0.05, 0.1) is 50.0 Å². The van der Waals surface area contributed by atoms with Gasteiger partial charge >= 0.3 is 5.97 Å². The van der Waals surface area contributed by atoms with Gasteiger partial charge in [-0.15, -0.1) is 0 Å². The molecule has 6 atom stereocenters. The summed E-state index contributed by atoms with van der Waals surface area (Å²) in [6.07, 6.45) is 7.43. The Morgan fingerprint density at radius 2 is 1.88 bits per heavy atom. The molecule has 1 aromatic carbocycles. The molecule has 16 nitrogen and oxygen atoms in total. The van der Waals surface area contributed by atoms with E-state index in [1.807, 2.05) is 19.9 Å². The van der Waals surface area contributed by atoms with Gasteiger partial charge in [-0.3, -0.25) is 29.3 Å². The average molecular weight is 894 g/mol. The molecule has 348 valence electrons. The van der Waals surface area contributed by atoms with Crippen LogP contribution in [0.5, 0.6) is 0 Å². The van der Waals surface area contributed by atoms with Crippen molar-refractivity contribution in [3.8, 4) is 22.5 Å². The van der Waals surface area contributed by atoms with Crippen LogP contribution in [-0.4, -0.2) is 127 Å². The maximum atomic E-state index is 14.9. The molecule has 6 bridgehead atoms. The fourth-order valence-corrected chi connectivity index (χ4v) is 10.6. The molecule has 5 aliphatic heterocycles. The predicted octanol–water partition coefficient (Wildman–Crippen LogP) is 5.40. The first-order valence-corrected chi connectivity index (χ1v) is 23.6. The van der Waals surface area contributed by atoms with Gasteiger partial charge in [-0.05, 0) is 81.2 Å². The molecule has 3 aromatic heterocycles. The minimum Gasteiger partial charge on any atom is -0.464 e. The molecule has 0 unspecified atom stereocenters. The van der Waals surface area contributed by atoms with E-state index in [0.29, 0.717) is 90.1 Å². The lowest BCUT2D eigenvalue weighted by Crippen LogP contribution is -2.70. The van der Waals surface area contributed by atoms with Crippen molar-refractivity contribution in [1.82, 2.24) is 35.2 Å². The number of methoxy groups -OCH3 is 1. The van der Waals surface area contributed by atoms with Gasteiger partial charge in [-0.1, -0.05) is 26.8 Å². The summed E-state index contributed by atoms with van der Waals surface area (Å²) in [6, 6.07) is 7.93. The van der Waals surface area contributed by atoms with Crippen LogP contribution in [-0.2, 0) is 51.0 Å². The predicted molar refractivity (Wildman–Crippen MR) is 239 cm³/mol. The number of amides is 2. The smallest absolute Gasteiger partial charge is 0.324 e. The SMILES string of the molecule is CO[C@@H](C)c1ncccc1-c1c2c3cc(ccc3n1CCOC1CCOCC1)-c1coc(n1)[C@@H](N1CC3(COC3)C1)[C@H](NC(=O)[C@H]1C[C@@H]1C)C(=O)N1CCC[C@H](N1)C(=O)OCC(C)(C)C2. The van der Waals surface area contributed by atoms with Crippen molar-refractivity contribution in [2.24, 2.45) is 22.7 Å². The molecule has 8 heterocycles. The molecule has 0 radical (unpaired) electrons. The third-order valence-corrected chi connectivity index (χ3v) is 14.5.